The summed E-state index contributed by atoms with van der Waals surface area (Å²) >= 11 is 0. The molecule has 0 bridgehead atoms. The molecule has 100 valence electrons. The second-order valence-corrected chi connectivity index (χ2v) is 4.43. The van der Waals surface area contributed by atoms with Gasteiger partial charge in [0.1, 0.15) is 0 Å². The van der Waals surface area contributed by atoms with Crippen molar-refractivity contribution in [2.75, 3.05) is 19.6 Å². The first-order chi connectivity index (χ1) is 9.24. The fourth-order valence-corrected chi connectivity index (χ4v) is 2.06. The summed E-state index contributed by atoms with van der Waals surface area (Å²) in [5.74, 6) is 1.50. The van der Waals surface area contributed by atoms with Gasteiger partial charge in [0.05, 0.1) is 18.8 Å². The Bertz CT molecular complexity index is 563. The van der Waals surface area contributed by atoms with E-state index in [0.29, 0.717) is 30.6 Å². The Balaban J connectivity index is 1.77. The molecule has 0 aliphatic carbocycles. The van der Waals surface area contributed by atoms with E-state index < -0.39 is 0 Å². The van der Waals surface area contributed by atoms with Crippen LogP contribution in [0.3, 0.4) is 0 Å². The first-order valence-electron chi connectivity index (χ1n) is 6.12. The van der Waals surface area contributed by atoms with E-state index >= 15 is 0 Å². The minimum Gasteiger partial charge on any atom is -0.461 e. The van der Waals surface area contributed by atoms with Crippen LogP contribution in [0.25, 0.3) is 11.6 Å². The molecule has 0 aromatic carbocycles. The van der Waals surface area contributed by atoms with Crippen LogP contribution in [0.15, 0.2) is 27.3 Å². The van der Waals surface area contributed by atoms with Gasteiger partial charge in [0.15, 0.2) is 5.76 Å². The number of hydrogen-bond acceptors (Lipinski definition) is 6. The Labute approximate surface area is 109 Å². The number of rotatable bonds is 3. The molecule has 3 rings (SSSR count). The van der Waals surface area contributed by atoms with Gasteiger partial charge >= 0.3 is 0 Å². The molecular formula is C12H14N4O3. The van der Waals surface area contributed by atoms with Crippen LogP contribution in [-0.2, 0) is 4.79 Å². The van der Waals surface area contributed by atoms with Crippen molar-refractivity contribution in [1.82, 2.24) is 20.4 Å². The highest BCUT2D eigenvalue weighted by molar-refractivity contribution is 5.78. The molecule has 1 amide bonds. The molecule has 1 atom stereocenters. The van der Waals surface area contributed by atoms with Crippen LogP contribution in [0.4, 0.5) is 0 Å². The van der Waals surface area contributed by atoms with E-state index in [-0.39, 0.29) is 11.9 Å². The second kappa shape index (κ2) is 4.85. The molecule has 1 fully saturated rings. The van der Waals surface area contributed by atoms with E-state index in [0.717, 1.165) is 6.54 Å². The molecule has 0 radical (unpaired) electrons. The molecule has 0 saturated carbocycles. The lowest BCUT2D eigenvalue weighted by Gasteiger charge is -2.29. The van der Waals surface area contributed by atoms with Crippen molar-refractivity contribution in [2.24, 2.45) is 0 Å². The van der Waals surface area contributed by atoms with Crippen LogP contribution in [0.5, 0.6) is 0 Å². The monoisotopic (exact) mass is 262 g/mol. The maximum Gasteiger partial charge on any atom is 0.244 e. The van der Waals surface area contributed by atoms with Gasteiger partial charge in [-0.25, -0.2) is 0 Å². The summed E-state index contributed by atoms with van der Waals surface area (Å²) in [5, 5.41) is 6.67. The van der Waals surface area contributed by atoms with E-state index in [4.69, 9.17) is 8.94 Å². The van der Waals surface area contributed by atoms with Crippen LogP contribution in [0.1, 0.15) is 18.9 Å². The number of amides is 1. The van der Waals surface area contributed by atoms with Crippen molar-refractivity contribution in [3.63, 3.8) is 0 Å². The number of carbonyl (C=O) groups is 1. The van der Waals surface area contributed by atoms with Crippen molar-refractivity contribution in [1.29, 1.82) is 0 Å². The SMILES string of the molecule is CC(c1nc(-c2ccco2)no1)N1CCNC(=O)C1. The van der Waals surface area contributed by atoms with Crippen molar-refractivity contribution >= 4 is 5.91 Å². The van der Waals surface area contributed by atoms with Gasteiger partial charge in [-0.3, -0.25) is 9.69 Å². The smallest absolute Gasteiger partial charge is 0.244 e. The van der Waals surface area contributed by atoms with Gasteiger partial charge < -0.3 is 14.3 Å². The van der Waals surface area contributed by atoms with Gasteiger partial charge in [-0.2, -0.15) is 4.98 Å². The van der Waals surface area contributed by atoms with Crippen molar-refractivity contribution in [3.05, 3.63) is 24.3 Å². The predicted octanol–water partition coefficient (Wildman–Crippen LogP) is 0.822. The Morgan fingerprint density at radius 3 is 3.16 bits per heavy atom. The average molecular weight is 262 g/mol. The highest BCUT2D eigenvalue weighted by atomic mass is 16.5. The molecule has 0 spiro atoms. The fraction of sp³-hybridized carbons (Fsp3) is 0.417. The van der Waals surface area contributed by atoms with Crippen molar-refractivity contribution in [3.8, 4) is 11.6 Å². The summed E-state index contributed by atoms with van der Waals surface area (Å²) in [6.07, 6.45) is 1.56. The Hall–Kier alpha value is -2.15. The number of carbonyl (C=O) groups excluding carboxylic acids is 1. The third-order valence-electron chi connectivity index (χ3n) is 3.16. The maximum absolute atomic E-state index is 11.4. The minimum absolute atomic E-state index is 0.0175. The summed E-state index contributed by atoms with van der Waals surface area (Å²) in [6, 6.07) is 3.44. The van der Waals surface area contributed by atoms with Crippen molar-refractivity contribution in [2.45, 2.75) is 13.0 Å². The maximum atomic E-state index is 11.4. The largest absolute Gasteiger partial charge is 0.461 e. The fourth-order valence-electron chi connectivity index (χ4n) is 2.06. The third kappa shape index (κ3) is 2.37. The highest BCUT2D eigenvalue weighted by Gasteiger charge is 2.26. The van der Waals surface area contributed by atoms with Crippen LogP contribution in [-0.4, -0.2) is 40.6 Å². The number of hydrogen-bond donors (Lipinski definition) is 1. The Morgan fingerprint density at radius 2 is 2.42 bits per heavy atom. The van der Waals surface area contributed by atoms with Crippen LogP contribution < -0.4 is 5.32 Å². The van der Waals surface area contributed by atoms with Gasteiger partial charge in [0.25, 0.3) is 0 Å². The molecule has 19 heavy (non-hydrogen) atoms. The van der Waals surface area contributed by atoms with Crippen LogP contribution >= 0.6 is 0 Å². The molecule has 7 heteroatoms. The van der Waals surface area contributed by atoms with Gasteiger partial charge in [-0.1, -0.05) is 5.16 Å². The molecule has 1 saturated heterocycles. The molecule has 7 nitrogen and oxygen atoms in total. The molecule has 2 aromatic rings. The number of aromatic nitrogens is 2. The third-order valence-corrected chi connectivity index (χ3v) is 3.16. The molecule has 2 aromatic heterocycles. The van der Waals surface area contributed by atoms with E-state index in [1.165, 1.54) is 0 Å². The average Bonchev–Trinajstić information content (AvgIpc) is 3.08. The van der Waals surface area contributed by atoms with E-state index in [9.17, 15) is 4.79 Å². The number of furan rings is 1. The zero-order chi connectivity index (χ0) is 13.2. The van der Waals surface area contributed by atoms with Gasteiger partial charge in [-0.15, -0.1) is 0 Å². The Morgan fingerprint density at radius 1 is 1.53 bits per heavy atom. The lowest BCUT2D eigenvalue weighted by Crippen LogP contribution is -2.48. The first kappa shape index (κ1) is 11.9. The summed E-state index contributed by atoms with van der Waals surface area (Å²) in [7, 11) is 0. The number of nitrogens with one attached hydrogen (secondary N) is 1. The van der Waals surface area contributed by atoms with Crippen molar-refractivity contribution < 1.29 is 13.7 Å². The normalized spacial score (nSPS) is 18.3. The van der Waals surface area contributed by atoms with Gasteiger partial charge in [0.2, 0.25) is 17.6 Å². The van der Waals surface area contributed by atoms with E-state index in [2.05, 4.69) is 15.5 Å². The van der Waals surface area contributed by atoms with Gasteiger partial charge in [-0.05, 0) is 19.1 Å². The second-order valence-electron chi connectivity index (χ2n) is 4.43. The minimum atomic E-state index is -0.0951. The number of nitrogens with zero attached hydrogens (tertiary/aromatic N) is 3. The molecule has 1 N–H and O–H groups in total. The summed E-state index contributed by atoms with van der Waals surface area (Å²) in [6.45, 7) is 3.70. The highest BCUT2D eigenvalue weighted by Crippen LogP contribution is 2.22. The first-order valence-corrected chi connectivity index (χ1v) is 6.12. The zero-order valence-electron chi connectivity index (χ0n) is 10.5. The molecular weight excluding hydrogens is 248 g/mol. The predicted molar refractivity (Wildman–Crippen MR) is 65.0 cm³/mol. The zero-order valence-corrected chi connectivity index (χ0v) is 10.5. The lowest BCUT2D eigenvalue weighted by atomic mass is 10.2. The summed E-state index contributed by atoms with van der Waals surface area (Å²) < 4.78 is 10.5. The van der Waals surface area contributed by atoms with E-state index in [1.54, 1.807) is 18.4 Å². The molecule has 3 heterocycles. The quantitative estimate of drug-likeness (QED) is 0.881. The van der Waals surface area contributed by atoms with Gasteiger partial charge in [0, 0.05) is 13.1 Å². The topological polar surface area (TPSA) is 84.4 Å². The van der Waals surface area contributed by atoms with E-state index in [1.807, 2.05) is 11.8 Å². The molecule has 1 aliphatic rings. The molecule has 1 aliphatic heterocycles. The van der Waals surface area contributed by atoms with Crippen LogP contribution in [0, 0.1) is 0 Å². The summed E-state index contributed by atoms with van der Waals surface area (Å²) in [5.41, 5.74) is 0. The number of piperazine rings is 1. The summed E-state index contributed by atoms with van der Waals surface area (Å²) in [4.78, 5) is 17.7. The standard InChI is InChI=1S/C12H14N4O3/c1-8(16-5-4-13-10(17)7-16)12-14-11(15-19-12)9-3-2-6-18-9/h2-3,6,8H,4-5,7H2,1H3,(H,13,17). The van der Waals surface area contributed by atoms with Crippen LogP contribution in [0.2, 0.25) is 0 Å². The Kier molecular flexibility index (Phi) is 3.04. The lowest BCUT2D eigenvalue weighted by molar-refractivity contribution is -0.125. The molecule has 1 unspecified atom stereocenters.